The normalized spacial score (nSPS) is 14.3. The number of nitrogens with zero attached hydrogens (tertiary/aromatic N) is 1. The third-order valence-corrected chi connectivity index (χ3v) is 3.68. The molecule has 3 nitrogen and oxygen atoms in total. The fraction of sp³-hybridized carbons (Fsp3) is 0.471. The average molecular weight is 273 g/mol. The Morgan fingerprint density at radius 3 is 2.65 bits per heavy atom. The Kier molecular flexibility index (Phi) is 5.66. The maximum Gasteiger partial charge on any atom is 0.222 e. The van der Waals surface area contributed by atoms with Crippen LogP contribution in [0.15, 0.2) is 36.4 Å². The molecule has 0 radical (unpaired) electrons. The van der Waals surface area contributed by atoms with Gasteiger partial charge in [-0.3, -0.25) is 4.79 Å². The van der Waals surface area contributed by atoms with Crippen LogP contribution in [0.4, 0.5) is 0 Å². The minimum Gasteiger partial charge on any atom is -0.497 e. The van der Waals surface area contributed by atoms with Gasteiger partial charge in [-0.15, -0.1) is 0 Å². The largest absolute Gasteiger partial charge is 0.497 e. The molecular weight excluding hydrogens is 250 g/mol. The van der Waals surface area contributed by atoms with Gasteiger partial charge >= 0.3 is 0 Å². The van der Waals surface area contributed by atoms with Gasteiger partial charge in [0.2, 0.25) is 5.91 Å². The van der Waals surface area contributed by atoms with Crippen LogP contribution in [0.25, 0.3) is 0 Å². The summed E-state index contributed by atoms with van der Waals surface area (Å²) in [6.45, 7) is 1.67. The molecule has 0 saturated heterocycles. The van der Waals surface area contributed by atoms with Crippen molar-refractivity contribution < 1.29 is 9.53 Å². The quantitative estimate of drug-likeness (QED) is 0.588. The lowest BCUT2D eigenvalue weighted by atomic mass is 10.1. The van der Waals surface area contributed by atoms with Crippen LogP contribution in [0.1, 0.15) is 31.2 Å². The van der Waals surface area contributed by atoms with E-state index in [2.05, 4.69) is 24.3 Å². The molecule has 1 aliphatic heterocycles. The number of ether oxygens (including phenoxy) is 1. The molecule has 0 N–H and O–H groups in total. The zero-order valence-corrected chi connectivity index (χ0v) is 12.2. The van der Waals surface area contributed by atoms with Gasteiger partial charge in [-0.05, 0) is 43.4 Å². The van der Waals surface area contributed by atoms with Gasteiger partial charge in [-0.25, -0.2) is 0 Å². The number of methoxy groups -OCH3 is 1. The van der Waals surface area contributed by atoms with E-state index in [9.17, 15) is 4.79 Å². The molecule has 1 heterocycles. The highest BCUT2D eigenvalue weighted by molar-refractivity contribution is 5.76. The molecule has 0 aliphatic carbocycles. The number of carbonyl (C=O) groups is 1. The summed E-state index contributed by atoms with van der Waals surface area (Å²) in [7, 11) is 1.68. The Balaban J connectivity index is 1.65. The number of hydrogen-bond donors (Lipinski definition) is 0. The number of carbonyl (C=O) groups excluding carboxylic acids is 1. The summed E-state index contributed by atoms with van der Waals surface area (Å²) < 4.78 is 5.14. The molecule has 20 heavy (non-hydrogen) atoms. The van der Waals surface area contributed by atoms with Crippen LogP contribution >= 0.6 is 0 Å². The minimum absolute atomic E-state index is 0.295. The van der Waals surface area contributed by atoms with Gasteiger partial charge in [0, 0.05) is 19.5 Å². The molecule has 0 fully saturated rings. The van der Waals surface area contributed by atoms with E-state index in [1.165, 1.54) is 5.56 Å². The lowest BCUT2D eigenvalue weighted by Crippen LogP contribution is -2.33. The Morgan fingerprint density at radius 1 is 1.20 bits per heavy atom. The molecule has 0 atom stereocenters. The van der Waals surface area contributed by atoms with Gasteiger partial charge < -0.3 is 9.64 Å². The monoisotopic (exact) mass is 273 g/mol. The summed E-state index contributed by atoms with van der Waals surface area (Å²) in [5.41, 5.74) is 1.30. The fourth-order valence-corrected chi connectivity index (χ4v) is 2.42. The number of amides is 1. The molecule has 1 amide bonds. The summed E-state index contributed by atoms with van der Waals surface area (Å²) in [6.07, 6.45) is 8.94. The van der Waals surface area contributed by atoms with Crippen LogP contribution in [0.5, 0.6) is 5.75 Å². The number of rotatable bonds is 6. The predicted molar refractivity (Wildman–Crippen MR) is 80.9 cm³/mol. The van der Waals surface area contributed by atoms with Crippen molar-refractivity contribution in [1.29, 1.82) is 0 Å². The highest BCUT2D eigenvalue weighted by Crippen LogP contribution is 2.14. The van der Waals surface area contributed by atoms with Crippen molar-refractivity contribution in [1.82, 2.24) is 4.90 Å². The molecule has 1 aromatic rings. The molecule has 3 heteroatoms. The van der Waals surface area contributed by atoms with Gasteiger partial charge in [0.15, 0.2) is 0 Å². The molecule has 1 aromatic carbocycles. The molecule has 0 bridgehead atoms. The molecule has 108 valence electrons. The zero-order valence-electron chi connectivity index (χ0n) is 12.2. The van der Waals surface area contributed by atoms with Gasteiger partial charge in [-0.1, -0.05) is 24.3 Å². The first-order valence-electron chi connectivity index (χ1n) is 7.35. The maximum atomic E-state index is 12.0. The van der Waals surface area contributed by atoms with E-state index in [4.69, 9.17) is 4.74 Å². The van der Waals surface area contributed by atoms with Crippen LogP contribution in [0, 0.1) is 0 Å². The molecule has 2 rings (SSSR count). The summed E-state index contributed by atoms with van der Waals surface area (Å²) in [4.78, 5) is 13.9. The second-order valence-electron chi connectivity index (χ2n) is 5.16. The predicted octanol–water partition coefficient (Wildman–Crippen LogP) is 3.20. The first-order chi connectivity index (χ1) is 9.79. The number of unbranched alkanes of at least 4 members (excludes halogenated alkanes) is 1. The Bertz CT molecular complexity index is 451. The summed E-state index contributed by atoms with van der Waals surface area (Å²) in [5, 5.41) is 0. The highest BCUT2D eigenvalue weighted by atomic mass is 16.5. The van der Waals surface area contributed by atoms with Crippen molar-refractivity contribution in [3.05, 3.63) is 42.0 Å². The summed E-state index contributed by atoms with van der Waals surface area (Å²) >= 11 is 0. The lowest BCUT2D eigenvalue weighted by Gasteiger charge is -2.23. The lowest BCUT2D eigenvalue weighted by molar-refractivity contribution is -0.130. The average Bonchev–Trinajstić information content (AvgIpc) is 2.53. The molecule has 0 saturated carbocycles. The third kappa shape index (κ3) is 4.41. The minimum atomic E-state index is 0.295. The van der Waals surface area contributed by atoms with E-state index in [-0.39, 0.29) is 0 Å². The van der Waals surface area contributed by atoms with Crippen molar-refractivity contribution in [3.8, 4) is 5.75 Å². The van der Waals surface area contributed by atoms with E-state index >= 15 is 0 Å². The standard InChI is InChI=1S/C17H23NO2/c1-20-16-11-9-15(10-12-16)7-3-4-8-17(19)18-13-5-2-6-14-18/h2,5,9-12H,3-4,6-8,13-14H2,1H3. The summed E-state index contributed by atoms with van der Waals surface area (Å²) in [6, 6.07) is 8.16. The van der Waals surface area contributed by atoms with Crippen molar-refractivity contribution in [2.24, 2.45) is 0 Å². The second-order valence-corrected chi connectivity index (χ2v) is 5.16. The van der Waals surface area contributed by atoms with Gasteiger partial charge in [-0.2, -0.15) is 0 Å². The van der Waals surface area contributed by atoms with Crippen LogP contribution in [0.2, 0.25) is 0 Å². The van der Waals surface area contributed by atoms with E-state index in [1.54, 1.807) is 7.11 Å². The second kappa shape index (κ2) is 7.73. The Labute approximate surface area is 121 Å². The van der Waals surface area contributed by atoms with Crippen LogP contribution < -0.4 is 4.74 Å². The first kappa shape index (κ1) is 14.6. The molecule has 0 spiro atoms. The zero-order chi connectivity index (χ0) is 14.2. The van der Waals surface area contributed by atoms with Crippen LogP contribution in [-0.2, 0) is 11.2 Å². The topological polar surface area (TPSA) is 29.5 Å². The van der Waals surface area contributed by atoms with E-state index in [0.717, 1.165) is 44.5 Å². The van der Waals surface area contributed by atoms with Gasteiger partial charge in [0.25, 0.3) is 0 Å². The SMILES string of the molecule is COc1ccc(CCCCC(=O)N2CC=CCC2)cc1. The Hall–Kier alpha value is -1.77. The third-order valence-electron chi connectivity index (χ3n) is 3.68. The number of aryl methyl sites for hydroxylation is 1. The molecule has 0 aromatic heterocycles. The van der Waals surface area contributed by atoms with Crippen LogP contribution in [-0.4, -0.2) is 31.0 Å². The van der Waals surface area contributed by atoms with Gasteiger partial charge in [0.05, 0.1) is 7.11 Å². The number of hydrogen-bond acceptors (Lipinski definition) is 2. The molecular formula is C17H23NO2. The van der Waals surface area contributed by atoms with E-state index in [0.29, 0.717) is 12.3 Å². The first-order valence-corrected chi connectivity index (χ1v) is 7.35. The van der Waals surface area contributed by atoms with Crippen molar-refractivity contribution >= 4 is 5.91 Å². The molecule has 1 aliphatic rings. The maximum absolute atomic E-state index is 12.0. The van der Waals surface area contributed by atoms with Gasteiger partial charge in [0.1, 0.15) is 5.75 Å². The van der Waals surface area contributed by atoms with Crippen molar-refractivity contribution in [2.75, 3.05) is 20.2 Å². The van der Waals surface area contributed by atoms with Crippen LogP contribution in [0.3, 0.4) is 0 Å². The Morgan fingerprint density at radius 2 is 2.00 bits per heavy atom. The molecule has 0 unspecified atom stereocenters. The van der Waals surface area contributed by atoms with E-state index in [1.807, 2.05) is 17.0 Å². The summed E-state index contributed by atoms with van der Waals surface area (Å²) in [5.74, 6) is 1.19. The smallest absolute Gasteiger partial charge is 0.222 e. The van der Waals surface area contributed by atoms with Crippen molar-refractivity contribution in [3.63, 3.8) is 0 Å². The highest BCUT2D eigenvalue weighted by Gasteiger charge is 2.12. The number of benzene rings is 1. The van der Waals surface area contributed by atoms with Crippen molar-refractivity contribution in [2.45, 2.75) is 32.1 Å². The fourth-order valence-electron chi connectivity index (χ4n) is 2.42. The van der Waals surface area contributed by atoms with E-state index < -0.39 is 0 Å².